The Morgan fingerprint density at radius 2 is 1.76 bits per heavy atom. The van der Waals surface area contributed by atoms with Crippen molar-refractivity contribution >= 4 is 11.7 Å². The summed E-state index contributed by atoms with van der Waals surface area (Å²) in [6, 6.07) is 7.96. The molecule has 0 amide bonds. The fraction of sp³-hybridized carbons (Fsp3) is 0.462. The number of rotatable bonds is 2. The highest BCUT2D eigenvalue weighted by Gasteiger charge is 2.24. The molecule has 4 nitrogen and oxygen atoms in total. The van der Waals surface area contributed by atoms with Crippen molar-refractivity contribution in [1.29, 1.82) is 0 Å². The van der Waals surface area contributed by atoms with Gasteiger partial charge in [0.1, 0.15) is 0 Å². The van der Waals surface area contributed by atoms with Gasteiger partial charge in [-0.3, -0.25) is 0 Å². The Morgan fingerprint density at radius 1 is 1.24 bits per heavy atom. The maximum Gasteiger partial charge on any atom is 0.335 e. The highest BCUT2D eigenvalue weighted by molar-refractivity contribution is 5.88. The van der Waals surface area contributed by atoms with Gasteiger partial charge in [0.15, 0.2) is 0 Å². The fourth-order valence-corrected chi connectivity index (χ4v) is 2.42. The van der Waals surface area contributed by atoms with Gasteiger partial charge >= 0.3 is 5.97 Å². The molecule has 1 saturated heterocycles. The molecule has 2 rings (SSSR count). The van der Waals surface area contributed by atoms with Crippen LogP contribution in [0.4, 0.5) is 5.69 Å². The minimum atomic E-state index is -0.877. The number of aromatic carboxylic acids is 1. The number of nitrogens with one attached hydrogen (secondary N) is 1. The normalized spacial score (nSPS) is 24.7. The number of anilines is 1. The van der Waals surface area contributed by atoms with Gasteiger partial charge in [0.25, 0.3) is 0 Å². The molecule has 1 heterocycles. The van der Waals surface area contributed by atoms with E-state index in [1.54, 1.807) is 12.1 Å². The first-order chi connectivity index (χ1) is 8.09. The van der Waals surface area contributed by atoms with Crippen molar-refractivity contribution in [2.45, 2.75) is 25.9 Å². The molecule has 1 aliphatic rings. The highest BCUT2D eigenvalue weighted by Crippen LogP contribution is 2.22. The molecule has 0 bridgehead atoms. The van der Waals surface area contributed by atoms with Gasteiger partial charge in [-0.1, -0.05) is 0 Å². The summed E-state index contributed by atoms with van der Waals surface area (Å²) in [6.07, 6.45) is 0. The second-order valence-corrected chi connectivity index (χ2v) is 4.62. The van der Waals surface area contributed by atoms with Gasteiger partial charge in [-0.2, -0.15) is 0 Å². The molecule has 1 fully saturated rings. The molecule has 0 spiro atoms. The minimum Gasteiger partial charge on any atom is -0.478 e. The smallest absolute Gasteiger partial charge is 0.335 e. The molecule has 0 radical (unpaired) electrons. The van der Waals surface area contributed by atoms with Crippen LogP contribution in [0.1, 0.15) is 24.2 Å². The number of carboxylic acid groups (broad SMARTS) is 1. The average Bonchev–Trinajstić information content (AvgIpc) is 2.29. The Labute approximate surface area is 101 Å². The molecule has 92 valence electrons. The number of carboxylic acids is 1. The van der Waals surface area contributed by atoms with Gasteiger partial charge in [-0.25, -0.2) is 4.79 Å². The molecule has 1 aromatic rings. The Morgan fingerprint density at radius 3 is 2.24 bits per heavy atom. The largest absolute Gasteiger partial charge is 0.478 e. The Bertz CT molecular complexity index is 392. The van der Waals surface area contributed by atoms with Crippen LogP contribution in [-0.2, 0) is 0 Å². The second kappa shape index (κ2) is 4.75. The van der Waals surface area contributed by atoms with Crippen LogP contribution in [0, 0.1) is 0 Å². The number of nitrogens with zero attached hydrogens (tertiary/aromatic N) is 1. The van der Waals surface area contributed by atoms with Crippen molar-refractivity contribution in [3.8, 4) is 0 Å². The van der Waals surface area contributed by atoms with Crippen molar-refractivity contribution in [3.63, 3.8) is 0 Å². The zero-order valence-electron chi connectivity index (χ0n) is 10.2. The van der Waals surface area contributed by atoms with Crippen LogP contribution < -0.4 is 10.2 Å². The summed E-state index contributed by atoms with van der Waals surface area (Å²) in [5.74, 6) is -0.877. The first-order valence-corrected chi connectivity index (χ1v) is 5.92. The van der Waals surface area contributed by atoms with Gasteiger partial charge < -0.3 is 15.3 Å². The summed E-state index contributed by atoms with van der Waals surface area (Å²) in [6.45, 7) is 6.28. The van der Waals surface area contributed by atoms with E-state index in [0.717, 1.165) is 18.8 Å². The van der Waals surface area contributed by atoms with Gasteiger partial charge in [0.2, 0.25) is 0 Å². The lowest BCUT2D eigenvalue weighted by atomic mass is 10.1. The number of piperazine rings is 1. The van der Waals surface area contributed by atoms with Crippen molar-refractivity contribution in [3.05, 3.63) is 29.8 Å². The predicted octanol–water partition coefficient (Wildman–Crippen LogP) is 1.57. The van der Waals surface area contributed by atoms with E-state index in [1.807, 2.05) is 12.1 Å². The monoisotopic (exact) mass is 234 g/mol. The third kappa shape index (κ3) is 2.42. The quantitative estimate of drug-likeness (QED) is 0.815. The Hall–Kier alpha value is -1.55. The zero-order valence-corrected chi connectivity index (χ0v) is 10.2. The van der Waals surface area contributed by atoms with Crippen LogP contribution in [0.3, 0.4) is 0 Å². The average molecular weight is 234 g/mol. The molecule has 0 saturated carbocycles. The predicted molar refractivity (Wildman–Crippen MR) is 67.7 cm³/mol. The number of hydrogen-bond donors (Lipinski definition) is 2. The highest BCUT2D eigenvalue weighted by atomic mass is 16.4. The van der Waals surface area contributed by atoms with Crippen molar-refractivity contribution < 1.29 is 9.90 Å². The lowest BCUT2D eigenvalue weighted by Crippen LogP contribution is -2.55. The molecule has 1 aliphatic heterocycles. The summed E-state index contributed by atoms with van der Waals surface area (Å²) >= 11 is 0. The van der Waals surface area contributed by atoms with Gasteiger partial charge in [-0.15, -0.1) is 0 Å². The van der Waals surface area contributed by atoms with Gasteiger partial charge in [0, 0.05) is 30.9 Å². The summed E-state index contributed by atoms with van der Waals surface area (Å²) < 4.78 is 0. The minimum absolute atomic E-state index is 0.337. The van der Waals surface area contributed by atoms with E-state index in [1.165, 1.54) is 0 Å². The zero-order chi connectivity index (χ0) is 12.4. The van der Waals surface area contributed by atoms with E-state index < -0.39 is 5.97 Å². The van der Waals surface area contributed by atoms with Gasteiger partial charge in [0.05, 0.1) is 5.56 Å². The molecular weight excluding hydrogens is 216 g/mol. The van der Waals surface area contributed by atoms with Crippen LogP contribution in [0.15, 0.2) is 24.3 Å². The van der Waals surface area contributed by atoms with Gasteiger partial charge in [-0.05, 0) is 38.1 Å². The van der Waals surface area contributed by atoms with Crippen LogP contribution >= 0.6 is 0 Å². The maximum atomic E-state index is 10.8. The SMILES string of the molecule is C[C@@H]1CNC[C@@H](C)N1c1ccc(C(=O)O)cc1. The van der Waals surface area contributed by atoms with Crippen molar-refractivity contribution in [1.82, 2.24) is 5.32 Å². The van der Waals surface area contributed by atoms with Crippen LogP contribution in [-0.4, -0.2) is 36.2 Å². The second-order valence-electron chi connectivity index (χ2n) is 4.62. The maximum absolute atomic E-state index is 10.8. The summed E-state index contributed by atoms with van der Waals surface area (Å²) in [4.78, 5) is 13.1. The standard InChI is InChI=1S/C13H18N2O2/c1-9-7-14-8-10(2)15(9)12-5-3-11(4-6-12)13(16)17/h3-6,9-10,14H,7-8H2,1-2H3,(H,16,17)/t9-,10-/m1/s1. The van der Waals surface area contributed by atoms with E-state index >= 15 is 0 Å². The van der Waals surface area contributed by atoms with E-state index in [0.29, 0.717) is 17.6 Å². The fourth-order valence-electron chi connectivity index (χ4n) is 2.42. The van der Waals surface area contributed by atoms with Crippen LogP contribution in [0.25, 0.3) is 0 Å². The molecular formula is C13H18N2O2. The Kier molecular flexibility index (Phi) is 3.33. The van der Waals surface area contributed by atoms with Crippen molar-refractivity contribution in [2.75, 3.05) is 18.0 Å². The summed E-state index contributed by atoms with van der Waals surface area (Å²) in [7, 11) is 0. The first kappa shape index (κ1) is 11.9. The molecule has 2 atom stereocenters. The van der Waals surface area contributed by atoms with Crippen molar-refractivity contribution in [2.24, 2.45) is 0 Å². The first-order valence-electron chi connectivity index (χ1n) is 5.92. The lowest BCUT2D eigenvalue weighted by molar-refractivity contribution is 0.0697. The lowest BCUT2D eigenvalue weighted by Gasteiger charge is -2.41. The van der Waals surface area contributed by atoms with Crippen LogP contribution in [0.2, 0.25) is 0 Å². The van der Waals surface area contributed by atoms with E-state index in [-0.39, 0.29) is 0 Å². The summed E-state index contributed by atoms with van der Waals surface area (Å²) in [5.41, 5.74) is 1.43. The third-order valence-electron chi connectivity index (χ3n) is 3.24. The molecule has 17 heavy (non-hydrogen) atoms. The molecule has 0 unspecified atom stereocenters. The number of benzene rings is 1. The molecule has 2 N–H and O–H groups in total. The van der Waals surface area contributed by atoms with E-state index in [9.17, 15) is 4.79 Å². The topological polar surface area (TPSA) is 52.6 Å². The Balaban J connectivity index is 2.23. The van der Waals surface area contributed by atoms with Crippen LogP contribution in [0.5, 0.6) is 0 Å². The van der Waals surface area contributed by atoms with E-state index in [4.69, 9.17) is 5.11 Å². The molecule has 0 aromatic heterocycles. The summed E-state index contributed by atoms with van der Waals surface area (Å²) in [5, 5.41) is 12.2. The number of hydrogen-bond acceptors (Lipinski definition) is 3. The molecule has 4 heteroatoms. The number of carbonyl (C=O) groups is 1. The molecule has 1 aromatic carbocycles. The third-order valence-corrected chi connectivity index (χ3v) is 3.24. The van der Waals surface area contributed by atoms with E-state index in [2.05, 4.69) is 24.1 Å². The molecule has 0 aliphatic carbocycles.